The van der Waals surface area contributed by atoms with Crippen LogP contribution >= 0.6 is 0 Å². The maximum atomic E-state index is 12.6. The molecule has 2 aromatic rings. The molecule has 8 nitrogen and oxygen atoms in total. The fourth-order valence-corrected chi connectivity index (χ4v) is 3.32. The highest BCUT2D eigenvalue weighted by Gasteiger charge is 2.24. The number of methoxy groups -OCH3 is 1. The SMILES string of the molecule is COc1ccccc1C(=O)NC(CCS(C)(=O)=O)C(=O)NCCOc1ccccc1. The zero-order chi connectivity index (χ0) is 22.0. The summed E-state index contributed by atoms with van der Waals surface area (Å²) >= 11 is 0. The van der Waals surface area contributed by atoms with Gasteiger partial charge >= 0.3 is 0 Å². The highest BCUT2D eigenvalue weighted by atomic mass is 32.2. The summed E-state index contributed by atoms with van der Waals surface area (Å²) in [4.78, 5) is 25.2. The Morgan fingerprint density at radius 2 is 1.70 bits per heavy atom. The first kappa shape index (κ1) is 23.2. The van der Waals surface area contributed by atoms with Gasteiger partial charge in [0.15, 0.2) is 0 Å². The third kappa shape index (κ3) is 7.75. The van der Waals surface area contributed by atoms with E-state index in [4.69, 9.17) is 9.47 Å². The lowest BCUT2D eigenvalue weighted by Gasteiger charge is -2.19. The number of benzene rings is 2. The van der Waals surface area contributed by atoms with E-state index in [2.05, 4.69) is 10.6 Å². The minimum Gasteiger partial charge on any atom is -0.496 e. The van der Waals surface area contributed by atoms with Gasteiger partial charge in [-0.05, 0) is 30.7 Å². The number of nitrogens with one attached hydrogen (secondary N) is 2. The van der Waals surface area contributed by atoms with E-state index in [1.54, 1.807) is 36.4 Å². The molecule has 0 aliphatic rings. The normalized spacial score (nSPS) is 11.9. The van der Waals surface area contributed by atoms with Crippen LogP contribution in [0.4, 0.5) is 0 Å². The molecule has 2 aromatic carbocycles. The summed E-state index contributed by atoms with van der Waals surface area (Å²) in [7, 11) is -1.87. The smallest absolute Gasteiger partial charge is 0.255 e. The topological polar surface area (TPSA) is 111 Å². The van der Waals surface area contributed by atoms with E-state index < -0.39 is 27.7 Å². The molecule has 2 rings (SSSR count). The Bertz CT molecular complexity index is 947. The lowest BCUT2D eigenvalue weighted by atomic mass is 10.1. The largest absolute Gasteiger partial charge is 0.496 e. The van der Waals surface area contributed by atoms with Crippen molar-refractivity contribution in [2.24, 2.45) is 0 Å². The van der Waals surface area contributed by atoms with Crippen molar-refractivity contribution in [2.75, 3.05) is 32.3 Å². The Morgan fingerprint density at radius 3 is 2.37 bits per heavy atom. The molecule has 30 heavy (non-hydrogen) atoms. The molecular weight excluding hydrogens is 408 g/mol. The van der Waals surface area contributed by atoms with Crippen molar-refractivity contribution in [1.29, 1.82) is 0 Å². The van der Waals surface area contributed by atoms with Gasteiger partial charge in [-0.1, -0.05) is 30.3 Å². The van der Waals surface area contributed by atoms with Crippen LogP contribution in [0.25, 0.3) is 0 Å². The molecule has 0 bridgehead atoms. The highest BCUT2D eigenvalue weighted by molar-refractivity contribution is 7.90. The van der Waals surface area contributed by atoms with Gasteiger partial charge in [-0.3, -0.25) is 9.59 Å². The number of hydrogen-bond acceptors (Lipinski definition) is 6. The molecule has 0 radical (unpaired) electrons. The molecule has 0 heterocycles. The van der Waals surface area contributed by atoms with Crippen LogP contribution in [0.15, 0.2) is 54.6 Å². The fraction of sp³-hybridized carbons (Fsp3) is 0.333. The number of sulfone groups is 1. The van der Waals surface area contributed by atoms with E-state index in [9.17, 15) is 18.0 Å². The molecule has 0 aromatic heterocycles. The average Bonchev–Trinajstić information content (AvgIpc) is 2.73. The first-order valence-electron chi connectivity index (χ1n) is 9.37. The average molecular weight is 435 g/mol. The number of rotatable bonds is 11. The molecule has 2 N–H and O–H groups in total. The Labute approximate surface area is 176 Å². The molecule has 1 unspecified atom stereocenters. The summed E-state index contributed by atoms with van der Waals surface area (Å²) in [5.41, 5.74) is 0.254. The number of hydrogen-bond donors (Lipinski definition) is 2. The third-order valence-electron chi connectivity index (χ3n) is 4.16. The number of carbonyl (C=O) groups excluding carboxylic acids is 2. The molecule has 0 aliphatic heterocycles. The van der Waals surface area contributed by atoms with Crippen molar-refractivity contribution in [3.05, 3.63) is 60.2 Å². The monoisotopic (exact) mass is 434 g/mol. The first-order chi connectivity index (χ1) is 14.3. The van der Waals surface area contributed by atoms with Gasteiger partial charge in [0, 0.05) is 6.26 Å². The van der Waals surface area contributed by atoms with Crippen molar-refractivity contribution < 1.29 is 27.5 Å². The minimum absolute atomic E-state index is 0.0505. The van der Waals surface area contributed by atoms with E-state index in [0.29, 0.717) is 11.5 Å². The van der Waals surface area contributed by atoms with E-state index in [1.807, 2.05) is 18.2 Å². The summed E-state index contributed by atoms with van der Waals surface area (Å²) < 4.78 is 33.8. The van der Waals surface area contributed by atoms with Gasteiger partial charge in [0.1, 0.15) is 34.0 Å². The summed E-state index contributed by atoms with van der Waals surface area (Å²) in [5, 5.41) is 5.27. The van der Waals surface area contributed by atoms with Gasteiger partial charge in [0.2, 0.25) is 5.91 Å². The van der Waals surface area contributed by atoms with E-state index in [-0.39, 0.29) is 30.9 Å². The summed E-state index contributed by atoms with van der Waals surface area (Å²) in [5.74, 6) is -0.226. The number of carbonyl (C=O) groups is 2. The lowest BCUT2D eigenvalue weighted by Crippen LogP contribution is -2.48. The van der Waals surface area contributed by atoms with Crippen LogP contribution in [0.1, 0.15) is 16.8 Å². The van der Waals surface area contributed by atoms with Crippen molar-refractivity contribution in [2.45, 2.75) is 12.5 Å². The van der Waals surface area contributed by atoms with Gasteiger partial charge < -0.3 is 20.1 Å². The van der Waals surface area contributed by atoms with Crippen LogP contribution in [-0.4, -0.2) is 58.5 Å². The van der Waals surface area contributed by atoms with Crippen LogP contribution < -0.4 is 20.1 Å². The molecule has 0 saturated carbocycles. The maximum absolute atomic E-state index is 12.6. The first-order valence-corrected chi connectivity index (χ1v) is 11.4. The molecule has 0 saturated heterocycles. The second-order valence-electron chi connectivity index (χ2n) is 6.60. The molecule has 0 fully saturated rings. The van der Waals surface area contributed by atoms with Crippen molar-refractivity contribution in [3.63, 3.8) is 0 Å². The molecule has 2 amide bonds. The van der Waals surface area contributed by atoms with Gasteiger partial charge in [-0.2, -0.15) is 0 Å². The number of ether oxygens (including phenoxy) is 2. The second-order valence-corrected chi connectivity index (χ2v) is 8.86. The summed E-state index contributed by atoms with van der Waals surface area (Å²) in [6.45, 7) is 0.433. The van der Waals surface area contributed by atoms with Gasteiger partial charge in [-0.15, -0.1) is 0 Å². The van der Waals surface area contributed by atoms with Crippen LogP contribution in [0.2, 0.25) is 0 Å². The van der Waals surface area contributed by atoms with Crippen LogP contribution in [0, 0.1) is 0 Å². The summed E-state index contributed by atoms with van der Waals surface area (Å²) in [6, 6.07) is 14.7. The standard InChI is InChI=1S/C21H26N2O6S/c1-28-19-11-7-6-10-17(19)20(24)23-18(12-15-30(2,26)27)21(25)22-13-14-29-16-8-4-3-5-9-16/h3-11,18H,12-15H2,1-2H3,(H,22,25)(H,23,24). The zero-order valence-corrected chi connectivity index (χ0v) is 17.8. The van der Waals surface area contributed by atoms with Crippen LogP contribution in [0.3, 0.4) is 0 Å². The Morgan fingerprint density at radius 1 is 1.03 bits per heavy atom. The predicted molar refractivity (Wildman–Crippen MR) is 114 cm³/mol. The maximum Gasteiger partial charge on any atom is 0.255 e. The van der Waals surface area contributed by atoms with E-state index in [0.717, 1.165) is 6.26 Å². The lowest BCUT2D eigenvalue weighted by molar-refractivity contribution is -0.123. The Balaban J connectivity index is 1.98. The Hall–Kier alpha value is -3.07. The second kappa shape index (κ2) is 11.2. The molecule has 1 atom stereocenters. The van der Waals surface area contributed by atoms with Gasteiger partial charge in [-0.25, -0.2) is 8.42 Å². The Kier molecular flexibility index (Phi) is 8.67. The zero-order valence-electron chi connectivity index (χ0n) is 17.0. The molecule has 0 aliphatic carbocycles. The summed E-state index contributed by atoms with van der Waals surface area (Å²) in [6.07, 6.45) is 1.03. The molecule has 9 heteroatoms. The minimum atomic E-state index is -3.31. The molecular formula is C21H26N2O6S. The number of amides is 2. The van der Waals surface area contributed by atoms with Crippen molar-refractivity contribution in [3.8, 4) is 11.5 Å². The van der Waals surface area contributed by atoms with Crippen LogP contribution in [0.5, 0.6) is 11.5 Å². The van der Waals surface area contributed by atoms with Gasteiger partial charge in [0.05, 0.1) is 25.0 Å². The predicted octanol–water partition coefficient (Wildman–Crippen LogP) is 1.42. The van der Waals surface area contributed by atoms with E-state index >= 15 is 0 Å². The van der Waals surface area contributed by atoms with Crippen molar-refractivity contribution >= 4 is 21.7 Å². The quantitative estimate of drug-likeness (QED) is 0.518. The molecule has 0 spiro atoms. The van der Waals surface area contributed by atoms with E-state index in [1.165, 1.54) is 7.11 Å². The van der Waals surface area contributed by atoms with Gasteiger partial charge in [0.25, 0.3) is 5.91 Å². The van der Waals surface area contributed by atoms with Crippen LogP contribution in [-0.2, 0) is 14.6 Å². The fourth-order valence-electron chi connectivity index (χ4n) is 2.65. The van der Waals surface area contributed by atoms with Crippen molar-refractivity contribution in [1.82, 2.24) is 10.6 Å². The number of para-hydroxylation sites is 2. The third-order valence-corrected chi connectivity index (χ3v) is 5.14. The highest BCUT2D eigenvalue weighted by Crippen LogP contribution is 2.17. The molecule has 162 valence electrons.